The van der Waals surface area contributed by atoms with Crippen LogP contribution in [0.3, 0.4) is 0 Å². The van der Waals surface area contributed by atoms with Gasteiger partial charge in [0.1, 0.15) is 5.76 Å². The van der Waals surface area contributed by atoms with Crippen LogP contribution < -0.4 is 9.80 Å². The molecule has 0 atom stereocenters. The molecule has 2 heterocycles. The highest BCUT2D eigenvalue weighted by molar-refractivity contribution is 6.02. The Balaban J connectivity index is 1.24. The minimum absolute atomic E-state index is 0.0931. The summed E-state index contributed by atoms with van der Waals surface area (Å²) in [5.74, 6) is -0.374. The molecule has 0 aromatic heterocycles. The molecule has 2 aromatic rings. The van der Waals surface area contributed by atoms with Crippen LogP contribution in [0.1, 0.15) is 11.1 Å². The molecule has 0 bridgehead atoms. The zero-order valence-electron chi connectivity index (χ0n) is 22.5. The summed E-state index contributed by atoms with van der Waals surface area (Å²) < 4.78 is 0. The molecule has 39 heavy (non-hydrogen) atoms. The highest BCUT2D eigenvalue weighted by atomic mass is 16.3. The Labute approximate surface area is 231 Å². The van der Waals surface area contributed by atoms with Gasteiger partial charge in [-0.3, -0.25) is 14.6 Å². The van der Waals surface area contributed by atoms with E-state index in [4.69, 9.17) is 10.2 Å². The standard InChI is InChI=1S/C31H40N4O4/c36-23-21-32-13-17-34(18-14-32)28-7-1-26(2-8-28)5-11-30(38)25-31(39)12-6-27-3-9-29(10-4-27)35-19-15-33(16-20-35)22-24-37/h1-12,25,36-38H,13-24H2/b11-5+,12-6+,30-25-. The van der Waals surface area contributed by atoms with Crippen molar-refractivity contribution in [3.8, 4) is 0 Å². The van der Waals surface area contributed by atoms with E-state index >= 15 is 0 Å². The van der Waals surface area contributed by atoms with Gasteiger partial charge in [-0.2, -0.15) is 0 Å². The molecular formula is C31H40N4O4. The summed E-state index contributed by atoms with van der Waals surface area (Å²) in [7, 11) is 0. The molecule has 8 nitrogen and oxygen atoms in total. The third-order valence-electron chi connectivity index (χ3n) is 7.27. The summed E-state index contributed by atoms with van der Waals surface area (Å²) >= 11 is 0. The molecule has 2 aliphatic heterocycles. The van der Waals surface area contributed by atoms with E-state index in [1.807, 2.05) is 24.3 Å². The number of allylic oxidation sites excluding steroid dienone is 3. The lowest BCUT2D eigenvalue weighted by Gasteiger charge is -2.35. The second kappa shape index (κ2) is 14.6. The van der Waals surface area contributed by atoms with Crippen LogP contribution in [0.15, 0.2) is 72.5 Å². The number of ketones is 1. The van der Waals surface area contributed by atoms with Crippen molar-refractivity contribution in [3.63, 3.8) is 0 Å². The van der Waals surface area contributed by atoms with E-state index in [9.17, 15) is 9.90 Å². The number of nitrogens with zero attached hydrogens (tertiary/aromatic N) is 4. The SMILES string of the molecule is O=C(/C=C(O)/C=C/c1ccc(N2CCN(CCO)CC2)cc1)/C=C/c1ccc(N2CCN(CCO)CC2)cc1. The maximum Gasteiger partial charge on any atom is 0.182 e. The van der Waals surface area contributed by atoms with Crippen molar-refractivity contribution < 1.29 is 20.1 Å². The normalized spacial score (nSPS) is 17.9. The number of anilines is 2. The number of carbonyl (C=O) groups excluding carboxylic acids is 1. The Morgan fingerprint density at radius 2 is 1.05 bits per heavy atom. The minimum Gasteiger partial charge on any atom is -0.508 e. The molecule has 0 spiro atoms. The lowest BCUT2D eigenvalue weighted by molar-refractivity contribution is -0.110. The zero-order valence-corrected chi connectivity index (χ0v) is 22.5. The van der Waals surface area contributed by atoms with Crippen LogP contribution in [0, 0.1) is 0 Å². The number of rotatable bonds is 11. The lowest BCUT2D eigenvalue weighted by atomic mass is 10.1. The third-order valence-corrected chi connectivity index (χ3v) is 7.27. The molecule has 0 unspecified atom stereocenters. The summed E-state index contributed by atoms with van der Waals surface area (Å²) in [5.41, 5.74) is 4.17. The van der Waals surface area contributed by atoms with E-state index in [2.05, 4.69) is 43.9 Å². The Kier molecular flexibility index (Phi) is 10.7. The fourth-order valence-electron chi connectivity index (χ4n) is 4.94. The summed E-state index contributed by atoms with van der Waals surface area (Å²) in [6.45, 7) is 9.34. The van der Waals surface area contributed by atoms with Gasteiger partial charge in [0.15, 0.2) is 5.78 Å². The molecule has 0 saturated carbocycles. The second-order valence-corrected chi connectivity index (χ2v) is 9.93. The summed E-state index contributed by atoms with van der Waals surface area (Å²) in [6, 6.07) is 16.2. The van der Waals surface area contributed by atoms with Crippen LogP contribution in [0.5, 0.6) is 0 Å². The largest absolute Gasteiger partial charge is 0.508 e. The van der Waals surface area contributed by atoms with Gasteiger partial charge in [-0.15, -0.1) is 0 Å². The average Bonchev–Trinajstić information content (AvgIpc) is 2.97. The Hall–Kier alpha value is -3.43. The third kappa shape index (κ3) is 8.80. The summed E-state index contributed by atoms with van der Waals surface area (Å²) in [5, 5.41) is 28.4. The van der Waals surface area contributed by atoms with Gasteiger partial charge in [-0.1, -0.05) is 36.4 Å². The fourth-order valence-corrected chi connectivity index (χ4v) is 4.94. The van der Waals surface area contributed by atoms with E-state index in [-0.39, 0.29) is 24.8 Å². The van der Waals surface area contributed by atoms with Crippen LogP contribution >= 0.6 is 0 Å². The van der Waals surface area contributed by atoms with E-state index in [0.29, 0.717) is 0 Å². The molecule has 0 aliphatic carbocycles. The van der Waals surface area contributed by atoms with Crippen LogP contribution in [0.2, 0.25) is 0 Å². The number of hydrogen-bond acceptors (Lipinski definition) is 8. The first-order chi connectivity index (χ1) is 19.0. The first-order valence-electron chi connectivity index (χ1n) is 13.7. The summed E-state index contributed by atoms with van der Waals surface area (Å²) in [4.78, 5) is 21.5. The van der Waals surface area contributed by atoms with E-state index in [1.165, 1.54) is 18.2 Å². The van der Waals surface area contributed by atoms with Gasteiger partial charge in [0.25, 0.3) is 0 Å². The first-order valence-corrected chi connectivity index (χ1v) is 13.7. The van der Waals surface area contributed by atoms with Crippen molar-refractivity contribution >= 4 is 29.3 Å². The van der Waals surface area contributed by atoms with E-state index < -0.39 is 0 Å². The van der Waals surface area contributed by atoms with Crippen LogP contribution in [-0.4, -0.2) is 110 Å². The van der Waals surface area contributed by atoms with Gasteiger partial charge >= 0.3 is 0 Å². The molecule has 2 saturated heterocycles. The topological polar surface area (TPSA) is 90.7 Å². The number of aliphatic hydroxyl groups excluding tert-OH is 3. The average molecular weight is 533 g/mol. The van der Waals surface area contributed by atoms with Crippen molar-refractivity contribution in [2.45, 2.75) is 0 Å². The molecule has 0 amide bonds. The second-order valence-electron chi connectivity index (χ2n) is 9.93. The molecule has 2 aromatic carbocycles. The van der Waals surface area contributed by atoms with E-state index in [1.54, 1.807) is 12.2 Å². The predicted molar refractivity (Wildman–Crippen MR) is 158 cm³/mol. The lowest BCUT2D eigenvalue weighted by Crippen LogP contribution is -2.47. The molecule has 0 radical (unpaired) electrons. The molecular weight excluding hydrogens is 492 g/mol. The number of benzene rings is 2. The monoisotopic (exact) mass is 532 g/mol. The van der Waals surface area contributed by atoms with Gasteiger partial charge in [-0.25, -0.2) is 0 Å². The van der Waals surface area contributed by atoms with E-state index in [0.717, 1.165) is 87.9 Å². The van der Waals surface area contributed by atoms with Crippen molar-refractivity contribution in [1.29, 1.82) is 0 Å². The Morgan fingerprint density at radius 1 is 0.641 bits per heavy atom. The number of β-amino-alcohol motifs (C(OH)–C–C–N with tert-alkyl or cyclic N) is 2. The first kappa shape index (κ1) is 28.6. The zero-order chi connectivity index (χ0) is 27.5. The minimum atomic E-state index is -0.281. The highest BCUT2D eigenvalue weighted by Gasteiger charge is 2.17. The van der Waals surface area contributed by atoms with Crippen molar-refractivity contribution in [3.05, 3.63) is 83.6 Å². The fraction of sp³-hybridized carbons (Fsp3) is 0.387. The number of piperazine rings is 2. The quantitative estimate of drug-likeness (QED) is 0.231. The summed E-state index contributed by atoms with van der Waals surface area (Å²) in [6.07, 6.45) is 7.74. The number of hydrogen-bond donors (Lipinski definition) is 3. The predicted octanol–water partition coefficient (Wildman–Crippen LogP) is 2.65. The van der Waals surface area contributed by atoms with Crippen molar-refractivity contribution in [1.82, 2.24) is 9.80 Å². The molecule has 2 fully saturated rings. The van der Waals surface area contributed by atoms with Gasteiger partial charge in [-0.05, 0) is 47.5 Å². The van der Waals surface area contributed by atoms with Crippen LogP contribution in [-0.2, 0) is 4.79 Å². The van der Waals surface area contributed by atoms with Gasteiger partial charge in [0.05, 0.1) is 13.2 Å². The Bertz CT molecular complexity index is 1130. The highest BCUT2D eigenvalue weighted by Crippen LogP contribution is 2.19. The maximum absolute atomic E-state index is 12.3. The molecule has 4 rings (SSSR count). The maximum atomic E-state index is 12.3. The van der Waals surface area contributed by atoms with Crippen molar-refractivity contribution in [2.75, 3.05) is 88.5 Å². The number of aliphatic hydroxyl groups is 3. The molecule has 3 N–H and O–H groups in total. The molecule has 2 aliphatic rings. The molecule has 208 valence electrons. The van der Waals surface area contributed by atoms with Crippen LogP contribution in [0.25, 0.3) is 12.2 Å². The van der Waals surface area contributed by atoms with Gasteiger partial charge in [0, 0.05) is 82.9 Å². The number of carbonyl (C=O) groups is 1. The van der Waals surface area contributed by atoms with Gasteiger partial charge in [0.2, 0.25) is 0 Å². The smallest absolute Gasteiger partial charge is 0.182 e. The van der Waals surface area contributed by atoms with Crippen LogP contribution in [0.4, 0.5) is 11.4 Å². The van der Waals surface area contributed by atoms with Crippen molar-refractivity contribution in [2.24, 2.45) is 0 Å². The van der Waals surface area contributed by atoms with Gasteiger partial charge < -0.3 is 25.1 Å². The molecule has 8 heteroatoms. The Morgan fingerprint density at radius 3 is 1.46 bits per heavy atom.